The van der Waals surface area contributed by atoms with Crippen molar-refractivity contribution in [2.24, 2.45) is 0 Å². The van der Waals surface area contributed by atoms with E-state index in [2.05, 4.69) is 10.4 Å². The van der Waals surface area contributed by atoms with E-state index in [1.54, 1.807) is 0 Å². The van der Waals surface area contributed by atoms with Crippen molar-refractivity contribution in [3.8, 4) is 0 Å². The van der Waals surface area contributed by atoms with Crippen LogP contribution in [0.4, 0.5) is 4.79 Å². The van der Waals surface area contributed by atoms with Crippen molar-refractivity contribution in [2.45, 2.75) is 64.5 Å². The normalized spacial score (nSPS) is 22.9. The topological polar surface area (TPSA) is 44.8 Å². The van der Waals surface area contributed by atoms with Crippen molar-refractivity contribution in [1.29, 1.82) is 0 Å². The number of likely N-dealkylation sites (tertiary alicyclic amines) is 1. The largest absolute Gasteiger partial charge is 0.444 e. The maximum atomic E-state index is 12.0. The van der Waals surface area contributed by atoms with E-state index in [1.807, 2.05) is 25.7 Å². The number of ether oxygens (including phenoxy) is 1. The van der Waals surface area contributed by atoms with E-state index in [9.17, 15) is 4.79 Å². The SMILES string of the molecule is CC(C)(C)OC(=O)N1CCC(NN2CCCCC2)CC1. The Labute approximate surface area is 122 Å². The standard InChI is InChI=1S/C15H29N3O2/c1-15(2,3)20-14(19)17-11-7-13(8-12-17)16-18-9-5-4-6-10-18/h13,16H,4-12H2,1-3H3. The van der Waals surface area contributed by atoms with Gasteiger partial charge >= 0.3 is 6.09 Å². The molecule has 0 aromatic heterocycles. The fourth-order valence-electron chi connectivity index (χ4n) is 2.80. The maximum absolute atomic E-state index is 12.0. The second-order valence-electron chi connectivity index (χ2n) is 6.92. The first-order chi connectivity index (χ1) is 9.44. The second-order valence-corrected chi connectivity index (χ2v) is 6.92. The molecule has 0 aliphatic carbocycles. The first-order valence-electron chi connectivity index (χ1n) is 7.93. The first-order valence-corrected chi connectivity index (χ1v) is 7.93. The molecule has 20 heavy (non-hydrogen) atoms. The number of nitrogens with zero attached hydrogens (tertiary/aromatic N) is 2. The van der Waals surface area contributed by atoms with Gasteiger partial charge in [-0.15, -0.1) is 0 Å². The lowest BCUT2D eigenvalue weighted by Gasteiger charge is -2.37. The van der Waals surface area contributed by atoms with Crippen molar-refractivity contribution in [1.82, 2.24) is 15.3 Å². The van der Waals surface area contributed by atoms with Crippen molar-refractivity contribution in [3.63, 3.8) is 0 Å². The summed E-state index contributed by atoms with van der Waals surface area (Å²) < 4.78 is 5.42. The van der Waals surface area contributed by atoms with Gasteiger partial charge in [-0.05, 0) is 46.5 Å². The molecule has 0 aromatic rings. The molecule has 0 aromatic carbocycles. The Morgan fingerprint density at radius 3 is 2.20 bits per heavy atom. The third-order valence-electron chi connectivity index (χ3n) is 3.87. The van der Waals surface area contributed by atoms with E-state index in [-0.39, 0.29) is 6.09 Å². The summed E-state index contributed by atoms with van der Waals surface area (Å²) in [6.07, 6.45) is 5.79. The summed E-state index contributed by atoms with van der Waals surface area (Å²) in [5.74, 6) is 0. The Hall–Kier alpha value is -0.810. The molecule has 0 radical (unpaired) electrons. The molecule has 0 atom stereocenters. The molecular formula is C15H29N3O2. The fourth-order valence-corrected chi connectivity index (χ4v) is 2.80. The smallest absolute Gasteiger partial charge is 0.410 e. The van der Waals surface area contributed by atoms with Crippen LogP contribution in [-0.2, 0) is 4.74 Å². The summed E-state index contributed by atoms with van der Waals surface area (Å²) in [6.45, 7) is 9.64. The highest BCUT2D eigenvalue weighted by Gasteiger charge is 2.27. The van der Waals surface area contributed by atoms with E-state index in [1.165, 1.54) is 19.3 Å². The Morgan fingerprint density at radius 1 is 1.05 bits per heavy atom. The summed E-state index contributed by atoms with van der Waals surface area (Å²) >= 11 is 0. The van der Waals surface area contributed by atoms with Crippen LogP contribution < -0.4 is 5.43 Å². The molecule has 2 saturated heterocycles. The average Bonchev–Trinajstić information content (AvgIpc) is 2.39. The molecule has 2 fully saturated rings. The molecule has 5 nitrogen and oxygen atoms in total. The van der Waals surface area contributed by atoms with E-state index in [0.717, 1.165) is 39.0 Å². The molecule has 2 rings (SSSR count). The number of hydrazine groups is 1. The summed E-state index contributed by atoms with van der Waals surface area (Å²) in [6, 6.07) is 0.506. The molecular weight excluding hydrogens is 254 g/mol. The monoisotopic (exact) mass is 283 g/mol. The molecule has 116 valence electrons. The van der Waals surface area contributed by atoms with Crippen LogP contribution in [0.2, 0.25) is 0 Å². The Balaban J connectivity index is 1.70. The third-order valence-corrected chi connectivity index (χ3v) is 3.87. The summed E-state index contributed by atoms with van der Waals surface area (Å²) in [7, 11) is 0. The number of hydrogen-bond acceptors (Lipinski definition) is 4. The minimum Gasteiger partial charge on any atom is -0.444 e. The van der Waals surface area contributed by atoms with Crippen LogP contribution in [0, 0.1) is 0 Å². The molecule has 2 aliphatic heterocycles. The molecule has 0 spiro atoms. The summed E-state index contributed by atoms with van der Waals surface area (Å²) in [4.78, 5) is 13.8. The molecule has 5 heteroatoms. The van der Waals surface area contributed by atoms with Gasteiger partial charge in [0.2, 0.25) is 0 Å². The summed E-state index contributed by atoms with van der Waals surface area (Å²) in [5.41, 5.74) is 3.22. The molecule has 2 aliphatic rings. The van der Waals surface area contributed by atoms with Gasteiger partial charge < -0.3 is 9.64 Å². The van der Waals surface area contributed by atoms with Crippen molar-refractivity contribution < 1.29 is 9.53 Å². The lowest BCUT2D eigenvalue weighted by Crippen LogP contribution is -2.52. The van der Waals surface area contributed by atoms with Crippen LogP contribution in [0.3, 0.4) is 0 Å². The van der Waals surface area contributed by atoms with E-state index in [0.29, 0.717) is 6.04 Å². The third kappa shape index (κ3) is 4.94. The minimum atomic E-state index is -0.403. The summed E-state index contributed by atoms with van der Waals surface area (Å²) in [5, 5.41) is 2.36. The molecule has 0 bridgehead atoms. The Morgan fingerprint density at radius 2 is 1.65 bits per heavy atom. The van der Waals surface area contributed by atoms with E-state index < -0.39 is 5.60 Å². The van der Waals surface area contributed by atoms with Gasteiger partial charge in [0.15, 0.2) is 0 Å². The molecule has 2 heterocycles. The first kappa shape index (κ1) is 15.6. The quantitative estimate of drug-likeness (QED) is 0.845. The lowest BCUT2D eigenvalue weighted by molar-refractivity contribution is 0.0160. The van der Waals surface area contributed by atoms with E-state index in [4.69, 9.17) is 4.74 Å². The molecule has 1 amide bonds. The highest BCUT2D eigenvalue weighted by molar-refractivity contribution is 5.68. The number of hydrogen-bond donors (Lipinski definition) is 1. The van der Waals surface area contributed by atoms with Crippen LogP contribution >= 0.6 is 0 Å². The Kier molecular flexibility index (Phi) is 5.27. The number of rotatable bonds is 2. The van der Waals surface area contributed by atoms with Crippen LogP contribution in [0.25, 0.3) is 0 Å². The zero-order valence-corrected chi connectivity index (χ0v) is 13.2. The highest BCUT2D eigenvalue weighted by atomic mass is 16.6. The lowest BCUT2D eigenvalue weighted by atomic mass is 10.1. The number of nitrogens with one attached hydrogen (secondary N) is 1. The van der Waals surface area contributed by atoms with Crippen molar-refractivity contribution >= 4 is 6.09 Å². The van der Waals surface area contributed by atoms with Gasteiger partial charge in [0, 0.05) is 32.2 Å². The van der Waals surface area contributed by atoms with E-state index >= 15 is 0 Å². The average molecular weight is 283 g/mol. The van der Waals surface area contributed by atoms with Gasteiger partial charge in [0.25, 0.3) is 0 Å². The van der Waals surface area contributed by atoms with Crippen LogP contribution in [-0.4, -0.2) is 53.8 Å². The predicted octanol–water partition coefficient (Wildman–Crippen LogP) is 2.38. The van der Waals surface area contributed by atoms with Crippen molar-refractivity contribution in [2.75, 3.05) is 26.2 Å². The van der Waals surface area contributed by atoms with Crippen molar-refractivity contribution in [3.05, 3.63) is 0 Å². The Bertz CT molecular complexity index is 314. The fraction of sp³-hybridized carbons (Fsp3) is 0.933. The number of carbonyl (C=O) groups excluding carboxylic acids is 1. The van der Waals surface area contributed by atoms with Gasteiger partial charge in [0.1, 0.15) is 5.60 Å². The molecule has 1 N–H and O–H groups in total. The van der Waals surface area contributed by atoms with Gasteiger partial charge in [-0.25, -0.2) is 9.80 Å². The van der Waals surface area contributed by atoms with Crippen LogP contribution in [0.5, 0.6) is 0 Å². The predicted molar refractivity (Wildman–Crippen MR) is 79.4 cm³/mol. The zero-order valence-electron chi connectivity index (χ0n) is 13.2. The van der Waals surface area contributed by atoms with Crippen LogP contribution in [0.15, 0.2) is 0 Å². The van der Waals surface area contributed by atoms with Gasteiger partial charge in [-0.2, -0.15) is 0 Å². The second kappa shape index (κ2) is 6.76. The molecule has 0 saturated carbocycles. The van der Waals surface area contributed by atoms with Gasteiger partial charge in [0.05, 0.1) is 0 Å². The van der Waals surface area contributed by atoms with Gasteiger partial charge in [-0.3, -0.25) is 5.43 Å². The highest BCUT2D eigenvalue weighted by Crippen LogP contribution is 2.16. The number of amides is 1. The number of carbonyl (C=O) groups is 1. The van der Waals surface area contributed by atoms with Gasteiger partial charge in [-0.1, -0.05) is 6.42 Å². The minimum absolute atomic E-state index is 0.172. The number of piperidine rings is 2. The van der Waals surface area contributed by atoms with Crippen LogP contribution in [0.1, 0.15) is 52.9 Å². The molecule has 0 unspecified atom stereocenters. The maximum Gasteiger partial charge on any atom is 0.410 e. The zero-order chi connectivity index (χ0) is 14.6.